The number of anilines is 1. The molecule has 0 unspecified atom stereocenters. The number of rotatable bonds is 3. The summed E-state index contributed by atoms with van der Waals surface area (Å²) in [6.45, 7) is 1.89. The number of piperidine rings is 1. The molecule has 0 aliphatic carbocycles. The summed E-state index contributed by atoms with van der Waals surface area (Å²) in [5, 5.41) is 0.159. The van der Waals surface area contributed by atoms with Gasteiger partial charge in [-0.2, -0.15) is 15.0 Å². The Morgan fingerprint density at radius 2 is 1.90 bits per heavy atom. The highest BCUT2D eigenvalue weighted by molar-refractivity contribution is 14.1. The fourth-order valence-corrected chi connectivity index (χ4v) is 2.90. The molecule has 0 saturated carbocycles. The summed E-state index contributed by atoms with van der Waals surface area (Å²) in [4.78, 5) is 14.8. The molecule has 0 spiro atoms. The van der Waals surface area contributed by atoms with Crippen LogP contribution in [0.1, 0.15) is 19.3 Å². The van der Waals surface area contributed by atoms with Crippen LogP contribution in [0.25, 0.3) is 0 Å². The molecule has 21 heavy (non-hydrogen) atoms. The van der Waals surface area contributed by atoms with E-state index in [9.17, 15) is 0 Å². The van der Waals surface area contributed by atoms with Gasteiger partial charge in [0.15, 0.2) is 0 Å². The van der Waals surface area contributed by atoms with Crippen molar-refractivity contribution in [3.63, 3.8) is 0 Å². The van der Waals surface area contributed by atoms with Crippen LogP contribution in [0.5, 0.6) is 11.8 Å². The molecular weight excluding hydrogens is 403 g/mol. The van der Waals surface area contributed by atoms with Crippen LogP contribution in [0.15, 0.2) is 24.3 Å². The second kappa shape index (κ2) is 6.74. The molecule has 7 heteroatoms. The number of hydrogen-bond donors (Lipinski definition) is 0. The Bertz CT molecular complexity index is 634. The maximum absolute atomic E-state index is 6.00. The highest BCUT2D eigenvalue weighted by Crippen LogP contribution is 2.24. The largest absolute Gasteiger partial charge is 0.424 e. The van der Waals surface area contributed by atoms with E-state index in [2.05, 4.69) is 42.4 Å². The third kappa shape index (κ3) is 3.94. The molecule has 2 heterocycles. The van der Waals surface area contributed by atoms with Crippen molar-refractivity contribution in [2.75, 3.05) is 18.0 Å². The van der Waals surface area contributed by atoms with E-state index in [0.29, 0.717) is 11.7 Å². The normalized spacial score (nSPS) is 15.0. The molecular formula is C14H14ClIN4O. The lowest BCUT2D eigenvalue weighted by Crippen LogP contribution is -2.31. The molecule has 1 aliphatic rings. The van der Waals surface area contributed by atoms with Gasteiger partial charge in [0, 0.05) is 16.7 Å². The van der Waals surface area contributed by atoms with Gasteiger partial charge in [0.2, 0.25) is 11.2 Å². The molecule has 1 saturated heterocycles. The number of benzene rings is 1. The molecule has 0 atom stereocenters. The summed E-state index contributed by atoms with van der Waals surface area (Å²) in [6, 6.07) is 7.93. The molecule has 0 amide bonds. The number of ether oxygens (including phenoxy) is 1. The average Bonchev–Trinajstić information content (AvgIpc) is 2.47. The summed E-state index contributed by atoms with van der Waals surface area (Å²) in [6.07, 6.45) is 3.55. The number of hydrogen-bond acceptors (Lipinski definition) is 5. The Hall–Kier alpha value is -1.15. The van der Waals surface area contributed by atoms with Crippen LogP contribution in [0.2, 0.25) is 5.28 Å². The summed E-state index contributed by atoms with van der Waals surface area (Å²) >= 11 is 8.23. The summed E-state index contributed by atoms with van der Waals surface area (Å²) < 4.78 is 6.78. The highest BCUT2D eigenvalue weighted by atomic mass is 127. The highest BCUT2D eigenvalue weighted by Gasteiger charge is 2.16. The molecule has 1 aromatic carbocycles. The van der Waals surface area contributed by atoms with Gasteiger partial charge in [0.05, 0.1) is 0 Å². The maximum Gasteiger partial charge on any atom is 0.328 e. The average molecular weight is 417 g/mol. The molecule has 0 bridgehead atoms. The zero-order valence-electron chi connectivity index (χ0n) is 11.3. The van der Waals surface area contributed by atoms with E-state index in [4.69, 9.17) is 16.3 Å². The lowest BCUT2D eigenvalue weighted by atomic mass is 10.1. The van der Waals surface area contributed by atoms with Crippen LogP contribution in [0.4, 0.5) is 5.95 Å². The van der Waals surface area contributed by atoms with Crippen LogP contribution in [-0.4, -0.2) is 28.0 Å². The van der Waals surface area contributed by atoms with Gasteiger partial charge in [-0.1, -0.05) is 6.07 Å². The molecule has 110 valence electrons. The molecule has 1 aromatic heterocycles. The van der Waals surface area contributed by atoms with Crippen molar-refractivity contribution in [3.05, 3.63) is 33.1 Å². The van der Waals surface area contributed by atoms with Crippen LogP contribution in [-0.2, 0) is 0 Å². The second-order valence-electron chi connectivity index (χ2n) is 4.79. The van der Waals surface area contributed by atoms with Crippen LogP contribution < -0.4 is 9.64 Å². The first kappa shape index (κ1) is 14.8. The lowest BCUT2D eigenvalue weighted by molar-refractivity contribution is 0.437. The van der Waals surface area contributed by atoms with E-state index in [-0.39, 0.29) is 11.3 Å². The topological polar surface area (TPSA) is 51.1 Å². The van der Waals surface area contributed by atoms with E-state index in [1.54, 1.807) is 0 Å². The van der Waals surface area contributed by atoms with Gasteiger partial charge in [-0.25, -0.2) is 0 Å². The maximum atomic E-state index is 6.00. The third-order valence-electron chi connectivity index (χ3n) is 3.22. The third-order valence-corrected chi connectivity index (χ3v) is 4.06. The molecule has 2 aromatic rings. The second-order valence-corrected chi connectivity index (χ2v) is 6.38. The fraction of sp³-hybridized carbons (Fsp3) is 0.357. The zero-order valence-corrected chi connectivity index (χ0v) is 14.2. The van der Waals surface area contributed by atoms with Gasteiger partial charge >= 0.3 is 6.01 Å². The monoisotopic (exact) mass is 416 g/mol. The van der Waals surface area contributed by atoms with Gasteiger partial charge in [-0.3, -0.25) is 0 Å². The number of halogens is 2. The molecule has 5 nitrogen and oxygen atoms in total. The van der Waals surface area contributed by atoms with Crippen molar-refractivity contribution in [3.8, 4) is 11.8 Å². The van der Waals surface area contributed by atoms with E-state index in [0.717, 1.165) is 29.5 Å². The van der Waals surface area contributed by atoms with Crippen molar-refractivity contribution in [2.45, 2.75) is 19.3 Å². The quantitative estimate of drug-likeness (QED) is 0.710. The molecule has 1 fully saturated rings. The lowest BCUT2D eigenvalue weighted by Gasteiger charge is -2.26. The summed E-state index contributed by atoms with van der Waals surface area (Å²) in [5.41, 5.74) is 0. The van der Waals surface area contributed by atoms with Crippen molar-refractivity contribution in [2.24, 2.45) is 0 Å². The standard InChI is InChI=1S/C14H14ClIN4O/c15-12-17-13(20-7-2-1-3-8-20)19-14(18-12)21-11-6-4-5-10(16)9-11/h4-6,9H,1-3,7-8H2. The molecule has 3 rings (SSSR count). The first-order chi connectivity index (χ1) is 10.2. The smallest absolute Gasteiger partial charge is 0.328 e. The molecule has 0 N–H and O–H groups in total. The van der Waals surface area contributed by atoms with E-state index in [1.807, 2.05) is 24.3 Å². The van der Waals surface area contributed by atoms with Gasteiger partial charge in [-0.15, -0.1) is 0 Å². The Morgan fingerprint density at radius 1 is 1.10 bits per heavy atom. The number of nitrogens with zero attached hydrogens (tertiary/aromatic N) is 4. The minimum absolute atomic E-state index is 0.159. The Balaban J connectivity index is 1.83. The summed E-state index contributed by atoms with van der Waals surface area (Å²) in [7, 11) is 0. The molecule has 0 radical (unpaired) electrons. The van der Waals surface area contributed by atoms with Crippen molar-refractivity contribution >= 4 is 40.1 Å². The van der Waals surface area contributed by atoms with Crippen LogP contribution >= 0.6 is 34.2 Å². The van der Waals surface area contributed by atoms with Crippen LogP contribution in [0.3, 0.4) is 0 Å². The Morgan fingerprint density at radius 3 is 2.67 bits per heavy atom. The fourth-order valence-electron chi connectivity index (χ4n) is 2.24. The SMILES string of the molecule is Clc1nc(Oc2cccc(I)c2)nc(N2CCCCC2)n1. The van der Waals surface area contributed by atoms with E-state index < -0.39 is 0 Å². The van der Waals surface area contributed by atoms with Gasteiger partial charge in [0.1, 0.15) is 5.75 Å². The minimum Gasteiger partial charge on any atom is -0.424 e. The summed E-state index contributed by atoms with van der Waals surface area (Å²) in [5.74, 6) is 1.28. The van der Waals surface area contributed by atoms with Crippen LogP contribution in [0, 0.1) is 3.57 Å². The van der Waals surface area contributed by atoms with E-state index >= 15 is 0 Å². The minimum atomic E-state index is 0.159. The van der Waals surface area contributed by atoms with Gasteiger partial charge in [0.25, 0.3) is 0 Å². The van der Waals surface area contributed by atoms with Crippen molar-refractivity contribution < 1.29 is 4.74 Å². The number of aromatic nitrogens is 3. The Labute approximate surface area is 141 Å². The van der Waals surface area contributed by atoms with Gasteiger partial charge in [-0.05, 0) is 71.7 Å². The first-order valence-electron chi connectivity index (χ1n) is 6.81. The predicted octanol–water partition coefficient (Wildman–Crippen LogP) is 3.91. The predicted molar refractivity (Wildman–Crippen MR) is 90.1 cm³/mol. The van der Waals surface area contributed by atoms with Crippen molar-refractivity contribution in [1.29, 1.82) is 0 Å². The first-order valence-corrected chi connectivity index (χ1v) is 8.26. The zero-order chi connectivity index (χ0) is 14.7. The Kier molecular flexibility index (Phi) is 4.74. The van der Waals surface area contributed by atoms with Gasteiger partial charge < -0.3 is 9.64 Å². The van der Waals surface area contributed by atoms with E-state index in [1.165, 1.54) is 6.42 Å². The van der Waals surface area contributed by atoms with Crippen molar-refractivity contribution in [1.82, 2.24) is 15.0 Å². The molecule has 1 aliphatic heterocycles.